The molecular formula is C23H24N6O4S. The number of aromatic nitrogens is 3. The average Bonchev–Trinajstić information content (AvgIpc) is 3.34. The fourth-order valence-electron chi connectivity index (χ4n) is 3.82. The highest BCUT2D eigenvalue weighted by molar-refractivity contribution is 7.99. The number of urea groups is 1. The number of hydrazine groups is 1. The van der Waals surface area contributed by atoms with Crippen LogP contribution in [0.4, 0.5) is 4.79 Å². The molecule has 2 aromatic carbocycles. The van der Waals surface area contributed by atoms with Crippen LogP contribution < -0.4 is 16.4 Å². The molecule has 3 N–H and O–H groups in total. The zero-order valence-corrected chi connectivity index (χ0v) is 19.3. The topological polar surface area (TPSA) is 129 Å². The Kier molecular flexibility index (Phi) is 6.82. The molecule has 10 nitrogen and oxygen atoms in total. The zero-order chi connectivity index (χ0) is 24.1. The maximum absolute atomic E-state index is 13.1. The second-order valence-electron chi connectivity index (χ2n) is 7.72. The number of rotatable bonds is 9. The van der Waals surface area contributed by atoms with Gasteiger partial charge in [-0.25, -0.2) is 14.7 Å². The van der Waals surface area contributed by atoms with E-state index < -0.39 is 23.4 Å². The first-order valence-corrected chi connectivity index (χ1v) is 11.8. The minimum absolute atomic E-state index is 0.142. The molecule has 1 atom stereocenters. The molecule has 11 heteroatoms. The smallest absolute Gasteiger partial charge is 0.318 e. The van der Waals surface area contributed by atoms with Gasteiger partial charge < -0.3 is 5.32 Å². The summed E-state index contributed by atoms with van der Waals surface area (Å²) in [5.41, 5.74) is 2.48. The van der Waals surface area contributed by atoms with Gasteiger partial charge in [0.05, 0.1) is 5.75 Å². The van der Waals surface area contributed by atoms with Crippen LogP contribution in [0.5, 0.6) is 0 Å². The third-order valence-electron chi connectivity index (χ3n) is 5.65. The molecule has 0 saturated carbocycles. The summed E-state index contributed by atoms with van der Waals surface area (Å²) in [7, 11) is 0. The van der Waals surface area contributed by atoms with Crippen LogP contribution in [-0.2, 0) is 28.1 Å². The monoisotopic (exact) mass is 480 g/mol. The molecule has 3 aromatic rings. The van der Waals surface area contributed by atoms with E-state index in [2.05, 4.69) is 20.9 Å². The highest BCUT2D eigenvalue weighted by atomic mass is 32.2. The van der Waals surface area contributed by atoms with Crippen LogP contribution in [0.1, 0.15) is 24.5 Å². The van der Waals surface area contributed by atoms with Crippen LogP contribution >= 0.6 is 11.8 Å². The molecule has 1 saturated heterocycles. The zero-order valence-electron chi connectivity index (χ0n) is 18.5. The lowest BCUT2D eigenvalue weighted by Gasteiger charge is -2.25. The van der Waals surface area contributed by atoms with Crippen molar-refractivity contribution in [2.75, 3.05) is 5.75 Å². The lowest BCUT2D eigenvalue weighted by Crippen LogP contribution is -2.49. The number of amides is 4. The van der Waals surface area contributed by atoms with Crippen molar-refractivity contribution in [3.05, 3.63) is 82.3 Å². The average molecular weight is 481 g/mol. The molecular weight excluding hydrogens is 456 g/mol. The summed E-state index contributed by atoms with van der Waals surface area (Å²) < 4.78 is 1.45. The molecule has 0 bridgehead atoms. The standard InChI is InChI=1S/C23H24N6O4S/c1-2-23(17-11-7-4-8-12-17)19(31)29(20(32)24-23)27-18(30)15-34-22-26-25-21(33)28(22)14-13-16-9-5-3-6-10-16/h3-12H,2,13-15H2,1H3,(H,24,32)(H,25,33)(H,27,30). The number of nitrogens with one attached hydrogen (secondary N) is 3. The molecule has 1 fully saturated rings. The molecule has 2 heterocycles. The molecule has 1 unspecified atom stereocenters. The van der Waals surface area contributed by atoms with Gasteiger partial charge >= 0.3 is 11.7 Å². The summed E-state index contributed by atoms with van der Waals surface area (Å²) in [6.07, 6.45) is 0.949. The lowest BCUT2D eigenvalue weighted by molar-refractivity contribution is -0.138. The van der Waals surface area contributed by atoms with Gasteiger partial charge in [0.25, 0.3) is 5.91 Å². The molecule has 4 rings (SSSR count). The number of hydrogen-bond acceptors (Lipinski definition) is 6. The quantitative estimate of drug-likeness (QED) is 0.316. The number of nitrogens with zero attached hydrogens (tertiary/aromatic N) is 3. The van der Waals surface area contributed by atoms with Gasteiger partial charge in [-0.05, 0) is 24.0 Å². The summed E-state index contributed by atoms with van der Waals surface area (Å²) in [4.78, 5) is 50.3. The number of aryl methyl sites for hydroxylation is 1. The molecule has 1 aliphatic heterocycles. The third kappa shape index (κ3) is 4.60. The molecule has 0 radical (unpaired) electrons. The summed E-state index contributed by atoms with van der Waals surface area (Å²) in [5.74, 6) is -1.26. The van der Waals surface area contributed by atoms with Gasteiger partial charge in [0.2, 0.25) is 5.91 Å². The van der Waals surface area contributed by atoms with Crippen LogP contribution in [0.2, 0.25) is 0 Å². The fourth-order valence-corrected chi connectivity index (χ4v) is 4.59. The van der Waals surface area contributed by atoms with Gasteiger partial charge in [0.1, 0.15) is 5.54 Å². The van der Waals surface area contributed by atoms with Crippen molar-refractivity contribution < 1.29 is 14.4 Å². The summed E-state index contributed by atoms with van der Waals surface area (Å²) in [5, 5.41) is 10.2. The van der Waals surface area contributed by atoms with E-state index in [1.165, 1.54) is 4.57 Å². The summed E-state index contributed by atoms with van der Waals surface area (Å²) >= 11 is 1.04. The van der Waals surface area contributed by atoms with Crippen LogP contribution in [0.15, 0.2) is 70.6 Å². The van der Waals surface area contributed by atoms with E-state index in [0.29, 0.717) is 35.1 Å². The van der Waals surface area contributed by atoms with Gasteiger partial charge in [-0.2, -0.15) is 5.01 Å². The predicted octanol–water partition coefficient (Wildman–Crippen LogP) is 1.79. The van der Waals surface area contributed by atoms with Crippen LogP contribution in [0.3, 0.4) is 0 Å². The Hall–Kier alpha value is -3.86. The number of H-pyrrole nitrogens is 1. The Morgan fingerprint density at radius 3 is 2.41 bits per heavy atom. The van der Waals surface area contributed by atoms with E-state index in [-0.39, 0.29) is 11.4 Å². The van der Waals surface area contributed by atoms with Crippen molar-refractivity contribution in [2.24, 2.45) is 0 Å². The van der Waals surface area contributed by atoms with Crippen LogP contribution in [-0.4, -0.2) is 43.4 Å². The Labute approximate surface area is 199 Å². The SMILES string of the molecule is CCC1(c2ccccc2)NC(=O)N(NC(=O)CSc2n[nH]c(=O)n2CCc2ccccc2)C1=O. The normalized spacial score (nSPS) is 17.6. The number of hydrogen-bond donors (Lipinski definition) is 3. The number of benzene rings is 2. The Morgan fingerprint density at radius 1 is 1.06 bits per heavy atom. The van der Waals surface area contributed by atoms with E-state index >= 15 is 0 Å². The Morgan fingerprint density at radius 2 is 1.74 bits per heavy atom. The van der Waals surface area contributed by atoms with E-state index in [9.17, 15) is 19.2 Å². The maximum Gasteiger partial charge on any atom is 0.344 e. The molecule has 0 spiro atoms. The first kappa shape index (κ1) is 23.3. The van der Waals surface area contributed by atoms with Gasteiger partial charge in [-0.3, -0.25) is 19.6 Å². The Balaban J connectivity index is 1.39. The summed E-state index contributed by atoms with van der Waals surface area (Å²) in [6, 6.07) is 17.9. The molecule has 1 aromatic heterocycles. The second kappa shape index (κ2) is 9.96. The van der Waals surface area contributed by atoms with Crippen molar-refractivity contribution in [2.45, 2.75) is 37.0 Å². The number of thioether (sulfide) groups is 1. The van der Waals surface area contributed by atoms with E-state index in [1.807, 2.05) is 36.4 Å². The Bertz CT molecular complexity index is 1240. The van der Waals surface area contributed by atoms with E-state index in [1.54, 1.807) is 31.2 Å². The van der Waals surface area contributed by atoms with Crippen LogP contribution in [0.25, 0.3) is 0 Å². The fraction of sp³-hybridized carbons (Fsp3) is 0.261. The van der Waals surface area contributed by atoms with E-state index in [4.69, 9.17) is 0 Å². The van der Waals surface area contributed by atoms with Crippen molar-refractivity contribution in [1.82, 2.24) is 30.5 Å². The second-order valence-corrected chi connectivity index (χ2v) is 8.66. The highest BCUT2D eigenvalue weighted by Gasteiger charge is 2.52. The molecule has 0 aliphatic carbocycles. The number of imide groups is 1. The highest BCUT2D eigenvalue weighted by Crippen LogP contribution is 2.31. The first-order chi connectivity index (χ1) is 16.4. The predicted molar refractivity (Wildman–Crippen MR) is 126 cm³/mol. The van der Waals surface area contributed by atoms with Crippen molar-refractivity contribution in [3.63, 3.8) is 0 Å². The maximum atomic E-state index is 13.1. The van der Waals surface area contributed by atoms with Crippen molar-refractivity contribution in [1.29, 1.82) is 0 Å². The van der Waals surface area contributed by atoms with Gasteiger partial charge in [-0.15, -0.1) is 5.10 Å². The number of aromatic amines is 1. The molecule has 176 valence electrons. The van der Waals surface area contributed by atoms with Gasteiger partial charge in [0.15, 0.2) is 5.16 Å². The third-order valence-corrected chi connectivity index (χ3v) is 6.62. The number of carbonyl (C=O) groups excluding carboxylic acids is 3. The number of carbonyl (C=O) groups is 3. The van der Waals surface area contributed by atoms with E-state index in [0.717, 1.165) is 17.3 Å². The van der Waals surface area contributed by atoms with Gasteiger partial charge in [-0.1, -0.05) is 79.3 Å². The lowest BCUT2D eigenvalue weighted by atomic mass is 9.87. The largest absolute Gasteiger partial charge is 0.344 e. The molecule has 4 amide bonds. The van der Waals surface area contributed by atoms with Crippen LogP contribution in [0, 0.1) is 0 Å². The van der Waals surface area contributed by atoms with Crippen molar-refractivity contribution in [3.8, 4) is 0 Å². The van der Waals surface area contributed by atoms with Gasteiger partial charge in [0, 0.05) is 6.54 Å². The molecule has 34 heavy (non-hydrogen) atoms. The molecule has 1 aliphatic rings. The minimum Gasteiger partial charge on any atom is -0.318 e. The first-order valence-electron chi connectivity index (χ1n) is 10.8. The summed E-state index contributed by atoms with van der Waals surface area (Å²) in [6.45, 7) is 2.19. The van der Waals surface area contributed by atoms with Crippen molar-refractivity contribution >= 4 is 29.6 Å². The minimum atomic E-state index is -1.24.